The second-order valence-corrected chi connectivity index (χ2v) is 5.49. The van der Waals surface area contributed by atoms with E-state index in [-0.39, 0.29) is 18.3 Å². The van der Waals surface area contributed by atoms with E-state index in [0.717, 1.165) is 12.5 Å². The van der Waals surface area contributed by atoms with Crippen LogP contribution in [0.3, 0.4) is 0 Å². The highest BCUT2D eigenvalue weighted by Gasteiger charge is 2.20. The van der Waals surface area contributed by atoms with Crippen LogP contribution in [-0.2, 0) is 11.3 Å². The smallest absolute Gasteiger partial charge is 0.234 e. The lowest BCUT2D eigenvalue weighted by Crippen LogP contribution is -2.34. The first kappa shape index (κ1) is 15.8. The number of fused-ring (bicyclic) bond motifs is 1. The van der Waals surface area contributed by atoms with E-state index < -0.39 is 0 Å². The fourth-order valence-electron chi connectivity index (χ4n) is 2.41. The lowest BCUT2D eigenvalue weighted by molar-refractivity contribution is -0.120. The second-order valence-electron chi connectivity index (χ2n) is 5.49. The van der Waals surface area contributed by atoms with Crippen molar-refractivity contribution in [2.75, 3.05) is 13.1 Å². The number of benzene rings is 2. The maximum Gasteiger partial charge on any atom is 0.234 e. The molecular weight excluding hydrogens is 284 g/mol. The van der Waals surface area contributed by atoms with E-state index in [9.17, 15) is 4.79 Å². The van der Waals surface area contributed by atoms with Gasteiger partial charge < -0.3 is 10.6 Å². The summed E-state index contributed by atoms with van der Waals surface area (Å²) in [5.41, 5.74) is 1.17. The highest BCUT2D eigenvalue weighted by Crippen LogP contribution is 2.27. The lowest BCUT2D eigenvalue weighted by atomic mass is 10.0. The van der Waals surface area contributed by atoms with Crippen molar-refractivity contribution in [2.24, 2.45) is 5.92 Å². The van der Waals surface area contributed by atoms with Crippen LogP contribution < -0.4 is 10.6 Å². The molecule has 0 aliphatic heterocycles. The van der Waals surface area contributed by atoms with E-state index in [1.807, 2.05) is 18.2 Å². The molecule has 3 nitrogen and oxygen atoms in total. The topological polar surface area (TPSA) is 41.1 Å². The second kappa shape index (κ2) is 7.43. The molecule has 1 fully saturated rings. The molecule has 1 aliphatic rings. The van der Waals surface area contributed by atoms with Crippen LogP contribution in [0, 0.1) is 5.92 Å². The van der Waals surface area contributed by atoms with Crippen LogP contribution in [0.2, 0.25) is 0 Å². The maximum absolute atomic E-state index is 11.8. The van der Waals surface area contributed by atoms with Crippen molar-refractivity contribution < 1.29 is 4.79 Å². The maximum atomic E-state index is 11.8. The summed E-state index contributed by atoms with van der Waals surface area (Å²) in [7, 11) is 0. The van der Waals surface area contributed by atoms with Crippen molar-refractivity contribution in [3.63, 3.8) is 0 Å². The van der Waals surface area contributed by atoms with Crippen LogP contribution in [0.25, 0.3) is 10.8 Å². The van der Waals surface area contributed by atoms with E-state index in [0.29, 0.717) is 13.1 Å². The van der Waals surface area contributed by atoms with Gasteiger partial charge in [0.2, 0.25) is 5.91 Å². The van der Waals surface area contributed by atoms with Crippen molar-refractivity contribution in [3.8, 4) is 0 Å². The van der Waals surface area contributed by atoms with Gasteiger partial charge in [-0.2, -0.15) is 0 Å². The van der Waals surface area contributed by atoms with Gasteiger partial charge in [-0.15, -0.1) is 12.4 Å². The molecule has 21 heavy (non-hydrogen) atoms. The normalized spacial score (nSPS) is 13.7. The molecule has 3 rings (SSSR count). The highest BCUT2D eigenvalue weighted by atomic mass is 35.5. The zero-order chi connectivity index (χ0) is 13.8. The van der Waals surface area contributed by atoms with Gasteiger partial charge in [0.1, 0.15) is 0 Å². The van der Waals surface area contributed by atoms with Crippen LogP contribution in [0.1, 0.15) is 18.4 Å². The van der Waals surface area contributed by atoms with Crippen molar-refractivity contribution in [3.05, 3.63) is 48.0 Å². The van der Waals surface area contributed by atoms with Crippen molar-refractivity contribution >= 4 is 29.1 Å². The Labute approximate surface area is 131 Å². The lowest BCUT2D eigenvalue weighted by Gasteiger charge is -2.09. The Morgan fingerprint density at radius 2 is 1.86 bits per heavy atom. The Balaban J connectivity index is 0.00000161. The fourth-order valence-corrected chi connectivity index (χ4v) is 2.41. The SMILES string of the molecule is Cl.O=C(CNCC1CC1)NCc1cccc2ccccc12. The summed E-state index contributed by atoms with van der Waals surface area (Å²) in [5.74, 6) is 0.874. The minimum Gasteiger partial charge on any atom is -0.351 e. The first-order valence-corrected chi connectivity index (χ1v) is 7.27. The Bertz CT molecular complexity index is 605. The van der Waals surface area contributed by atoms with Gasteiger partial charge in [-0.1, -0.05) is 42.5 Å². The van der Waals surface area contributed by atoms with Crippen LogP contribution >= 0.6 is 12.4 Å². The van der Waals surface area contributed by atoms with Gasteiger partial charge in [0.05, 0.1) is 6.54 Å². The molecule has 1 aliphatic carbocycles. The Morgan fingerprint density at radius 3 is 2.67 bits per heavy atom. The van der Waals surface area contributed by atoms with E-state index in [2.05, 4.69) is 34.9 Å². The van der Waals surface area contributed by atoms with Crippen molar-refractivity contribution in [2.45, 2.75) is 19.4 Å². The van der Waals surface area contributed by atoms with Gasteiger partial charge in [-0.05, 0) is 41.6 Å². The highest BCUT2D eigenvalue weighted by molar-refractivity contribution is 5.86. The quantitative estimate of drug-likeness (QED) is 0.861. The molecule has 0 unspecified atom stereocenters. The van der Waals surface area contributed by atoms with Gasteiger partial charge in [0.15, 0.2) is 0 Å². The summed E-state index contributed by atoms with van der Waals surface area (Å²) < 4.78 is 0. The van der Waals surface area contributed by atoms with E-state index in [4.69, 9.17) is 0 Å². The number of nitrogens with one attached hydrogen (secondary N) is 2. The number of amides is 1. The Morgan fingerprint density at radius 1 is 1.10 bits per heavy atom. The summed E-state index contributed by atoms with van der Waals surface area (Å²) in [6, 6.07) is 14.5. The van der Waals surface area contributed by atoms with Crippen LogP contribution in [0.5, 0.6) is 0 Å². The summed E-state index contributed by atoms with van der Waals surface area (Å²) in [6.45, 7) is 1.98. The standard InChI is InChI=1S/C17H20N2O.ClH/c20-17(12-18-10-13-8-9-13)19-11-15-6-3-5-14-4-1-2-7-16(14)15;/h1-7,13,18H,8-12H2,(H,19,20);1H. The summed E-state index contributed by atoms with van der Waals surface area (Å²) in [6.07, 6.45) is 2.62. The molecule has 0 bridgehead atoms. The predicted molar refractivity (Wildman–Crippen MR) is 88.6 cm³/mol. The number of carbonyl (C=O) groups is 1. The first-order chi connectivity index (χ1) is 9.83. The zero-order valence-electron chi connectivity index (χ0n) is 12.0. The van der Waals surface area contributed by atoms with Crippen LogP contribution in [0.15, 0.2) is 42.5 Å². The summed E-state index contributed by atoms with van der Waals surface area (Å²) in [5, 5.41) is 8.62. The molecular formula is C17H21ClN2O. The third-order valence-corrected chi connectivity index (χ3v) is 3.77. The summed E-state index contributed by atoms with van der Waals surface area (Å²) >= 11 is 0. The molecule has 0 radical (unpaired) electrons. The third-order valence-electron chi connectivity index (χ3n) is 3.77. The van der Waals surface area contributed by atoms with Crippen LogP contribution in [-0.4, -0.2) is 19.0 Å². The molecule has 4 heteroatoms. The molecule has 0 spiro atoms. The number of rotatable bonds is 6. The monoisotopic (exact) mass is 304 g/mol. The molecule has 112 valence electrons. The van der Waals surface area contributed by atoms with Crippen molar-refractivity contribution in [1.82, 2.24) is 10.6 Å². The van der Waals surface area contributed by atoms with E-state index in [1.165, 1.54) is 29.2 Å². The molecule has 1 saturated carbocycles. The van der Waals surface area contributed by atoms with Gasteiger partial charge in [0.25, 0.3) is 0 Å². The Kier molecular flexibility index (Phi) is 5.59. The number of carbonyl (C=O) groups excluding carboxylic acids is 1. The average Bonchev–Trinajstić information content (AvgIpc) is 3.29. The molecule has 0 aromatic heterocycles. The van der Waals surface area contributed by atoms with E-state index >= 15 is 0 Å². The molecule has 2 aromatic rings. The molecule has 0 saturated heterocycles. The van der Waals surface area contributed by atoms with Gasteiger partial charge in [-0.3, -0.25) is 4.79 Å². The average molecular weight is 305 g/mol. The molecule has 0 atom stereocenters. The third kappa shape index (κ3) is 4.45. The Hall–Kier alpha value is -1.58. The van der Waals surface area contributed by atoms with Crippen molar-refractivity contribution in [1.29, 1.82) is 0 Å². The fraction of sp³-hybridized carbons (Fsp3) is 0.353. The molecule has 2 N–H and O–H groups in total. The van der Waals surface area contributed by atoms with Gasteiger partial charge >= 0.3 is 0 Å². The number of halogens is 1. The van der Waals surface area contributed by atoms with Gasteiger partial charge in [-0.25, -0.2) is 0 Å². The van der Waals surface area contributed by atoms with E-state index in [1.54, 1.807) is 0 Å². The zero-order valence-corrected chi connectivity index (χ0v) is 12.8. The van der Waals surface area contributed by atoms with Gasteiger partial charge in [0, 0.05) is 6.54 Å². The number of hydrogen-bond acceptors (Lipinski definition) is 2. The minimum atomic E-state index is 0. The largest absolute Gasteiger partial charge is 0.351 e. The molecule has 1 amide bonds. The molecule has 2 aromatic carbocycles. The predicted octanol–water partition coefficient (Wildman–Crippen LogP) is 2.88. The summed E-state index contributed by atoms with van der Waals surface area (Å²) in [4.78, 5) is 11.8. The molecule has 0 heterocycles. The minimum absolute atomic E-state index is 0. The number of hydrogen-bond donors (Lipinski definition) is 2. The van der Waals surface area contributed by atoms with Crippen LogP contribution in [0.4, 0.5) is 0 Å². The first-order valence-electron chi connectivity index (χ1n) is 7.27.